The first-order chi connectivity index (χ1) is 11.6. The molecule has 1 aromatic carbocycles. The van der Waals surface area contributed by atoms with Gasteiger partial charge in [0.1, 0.15) is 5.82 Å². The van der Waals surface area contributed by atoms with Gasteiger partial charge in [-0.2, -0.15) is 5.10 Å². The van der Waals surface area contributed by atoms with Gasteiger partial charge in [-0.3, -0.25) is 9.67 Å². The lowest BCUT2D eigenvalue weighted by Crippen LogP contribution is -2.36. The van der Waals surface area contributed by atoms with E-state index in [9.17, 15) is 4.39 Å². The minimum atomic E-state index is -0.229. The summed E-state index contributed by atoms with van der Waals surface area (Å²) in [7, 11) is 3.71. The van der Waals surface area contributed by atoms with Crippen LogP contribution in [0.4, 0.5) is 4.39 Å². The van der Waals surface area contributed by atoms with Crippen molar-refractivity contribution >= 4 is 29.9 Å². The first-order valence-electron chi connectivity index (χ1n) is 8.31. The van der Waals surface area contributed by atoms with Gasteiger partial charge >= 0.3 is 0 Å². The molecule has 0 amide bonds. The van der Waals surface area contributed by atoms with E-state index in [0.29, 0.717) is 19.0 Å². The summed E-state index contributed by atoms with van der Waals surface area (Å²) < 4.78 is 15.2. The molecule has 25 heavy (non-hydrogen) atoms. The molecule has 0 fully saturated rings. The molecule has 0 spiro atoms. The number of aryl methyl sites for hydroxylation is 2. The third-order valence-electron chi connectivity index (χ3n) is 4.03. The molecule has 0 aliphatic carbocycles. The van der Waals surface area contributed by atoms with Crippen molar-refractivity contribution in [3.63, 3.8) is 0 Å². The molecule has 1 aromatic heterocycles. The number of nitrogens with one attached hydrogen (secondary N) is 2. The Labute approximate surface area is 166 Å². The van der Waals surface area contributed by atoms with Crippen LogP contribution in [0.2, 0.25) is 0 Å². The number of hydrogen-bond donors (Lipinski definition) is 2. The van der Waals surface area contributed by atoms with Crippen LogP contribution in [0.5, 0.6) is 0 Å². The Morgan fingerprint density at radius 3 is 2.52 bits per heavy atom. The van der Waals surface area contributed by atoms with Crippen molar-refractivity contribution in [3.05, 3.63) is 52.6 Å². The van der Waals surface area contributed by atoms with E-state index in [1.165, 1.54) is 23.4 Å². The summed E-state index contributed by atoms with van der Waals surface area (Å²) in [5.74, 6) is 0.458. The van der Waals surface area contributed by atoms with Gasteiger partial charge in [0.25, 0.3) is 0 Å². The highest BCUT2D eigenvalue weighted by atomic mass is 127. The van der Waals surface area contributed by atoms with Gasteiger partial charge in [-0.15, -0.1) is 24.0 Å². The van der Waals surface area contributed by atoms with Crippen molar-refractivity contribution in [1.29, 1.82) is 0 Å². The monoisotopic (exact) mass is 459 g/mol. The van der Waals surface area contributed by atoms with E-state index in [-0.39, 0.29) is 29.8 Å². The molecule has 7 heteroatoms. The third-order valence-corrected chi connectivity index (χ3v) is 4.03. The molecule has 0 radical (unpaired) electrons. The van der Waals surface area contributed by atoms with Crippen LogP contribution in [-0.4, -0.2) is 22.8 Å². The predicted octanol–water partition coefficient (Wildman–Crippen LogP) is 3.17. The third kappa shape index (κ3) is 5.69. The minimum Gasteiger partial charge on any atom is -0.352 e. The minimum absolute atomic E-state index is 0. The molecule has 2 N–H and O–H groups in total. The van der Waals surface area contributed by atoms with Gasteiger partial charge in [-0.25, -0.2) is 4.39 Å². The standard InChI is InChI=1S/C18H26FN5.HI/c1-5-16-15(17(6-2)24(4)23-16)12-22-18(20-3)21-11-13-8-7-9-14(19)10-13;/h7-10H,5-6,11-12H2,1-4H3,(H2,20,21,22);1H. The number of aromatic nitrogens is 2. The molecule has 138 valence electrons. The van der Waals surface area contributed by atoms with Gasteiger partial charge in [0, 0.05) is 38.4 Å². The van der Waals surface area contributed by atoms with Crippen molar-refractivity contribution in [2.45, 2.75) is 39.8 Å². The maximum Gasteiger partial charge on any atom is 0.191 e. The Bertz CT molecular complexity index is 711. The summed E-state index contributed by atoms with van der Waals surface area (Å²) >= 11 is 0. The predicted molar refractivity (Wildman–Crippen MR) is 111 cm³/mol. The molecule has 2 rings (SSSR count). The summed E-state index contributed by atoms with van der Waals surface area (Å²) in [4.78, 5) is 4.23. The summed E-state index contributed by atoms with van der Waals surface area (Å²) in [5.41, 5.74) is 4.46. The number of rotatable bonds is 6. The Morgan fingerprint density at radius 1 is 1.20 bits per heavy atom. The van der Waals surface area contributed by atoms with Crippen LogP contribution < -0.4 is 10.6 Å². The van der Waals surface area contributed by atoms with E-state index >= 15 is 0 Å². The average Bonchev–Trinajstić information content (AvgIpc) is 2.90. The molecule has 0 aliphatic rings. The van der Waals surface area contributed by atoms with Crippen LogP contribution in [0.15, 0.2) is 29.3 Å². The zero-order valence-electron chi connectivity index (χ0n) is 15.3. The number of benzene rings is 1. The lowest BCUT2D eigenvalue weighted by molar-refractivity contribution is 0.624. The molecular formula is C18H27FIN5. The van der Waals surface area contributed by atoms with E-state index < -0.39 is 0 Å². The molecule has 0 atom stereocenters. The van der Waals surface area contributed by atoms with Crippen molar-refractivity contribution in [2.24, 2.45) is 12.0 Å². The van der Waals surface area contributed by atoms with E-state index in [1.807, 2.05) is 17.8 Å². The SMILES string of the molecule is CCc1nn(C)c(CC)c1CNC(=NC)NCc1cccc(F)c1.I. The quantitative estimate of drug-likeness (QED) is 0.397. The largest absolute Gasteiger partial charge is 0.352 e. The Kier molecular flexibility index (Phi) is 8.88. The molecule has 0 bridgehead atoms. The Balaban J connectivity index is 0.00000312. The fourth-order valence-corrected chi connectivity index (χ4v) is 2.82. The molecule has 5 nitrogen and oxygen atoms in total. The molecular weight excluding hydrogens is 432 g/mol. The van der Waals surface area contributed by atoms with Crippen LogP contribution in [0.25, 0.3) is 0 Å². The highest BCUT2D eigenvalue weighted by Crippen LogP contribution is 2.15. The fraction of sp³-hybridized carbons (Fsp3) is 0.444. The summed E-state index contributed by atoms with van der Waals surface area (Å²) in [6.07, 6.45) is 1.84. The lowest BCUT2D eigenvalue weighted by atomic mass is 10.1. The van der Waals surface area contributed by atoms with Crippen LogP contribution in [0.3, 0.4) is 0 Å². The molecule has 1 heterocycles. The second kappa shape index (κ2) is 10.4. The number of nitrogens with zero attached hydrogens (tertiary/aromatic N) is 3. The van der Waals surface area contributed by atoms with Gasteiger partial charge in [0.2, 0.25) is 0 Å². The topological polar surface area (TPSA) is 54.2 Å². The molecule has 0 unspecified atom stereocenters. The van der Waals surface area contributed by atoms with Crippen molar-refractivity contribution in [2.75, 3.05) is 7.05 Å². The van der Waals surface area contributed by atoms with Crippen LogP contribution in [0.1, 0.15) is 36.4 Å². The second-order valence-electron chi connectivity index (χ2n) is 5.61. The van der Waals surface area contributed by atoms with Crippen molar-refractivity contribution in [3.8, 4) is 0 Å². The zero-order chi connectivity index (χ0) is 17.5. The second-order valence-corrected chi connectivity index (χ2v) is 5.61. The summed E-state index contributed by atoms with van der Waals surface area (Å²) in [5, 5.41) is 11.1. The van der Waals surface area contributed by atoms with Gasteiger partial charge in [-0.1, -0.05) is 26.0 Å². The van der Waals surface area contributed by atoms with Gasteiger partial charge in [0.15, 0.2) is 5.96 Å². The highest BCUT2D eigenvalue weighted by Gasteiger charge is 2.13. The Hall–Kier alpha value is -1.64. The highest BCUT2D eigenvalue weighted by molar-refractivity contribution is 14.0. The van der Waals surface area contributed by atoms with Crippen LogP contribution in [-0.2, 0) is 33.0 Å². The number of guanidine groups is 1. The number of halogens is 2. The van der Waals surface area contributed by atoms with Gasteiger partial charge in [-0.05, 0) is 30.5 Å². The molecule has 0 saturated heterocycles. The maximum atomic E-state index is 13.2. The van der Waals surface area contributed by atoms with Crippen LogP contribution >= 0.6 is 24.0 Å². The molecule has 0 saturated carbocycles. The van der Waals surface area contributed by atoms with E-state index in [2.05, 4.69) is 34.6 Å². The molecule has 0 aliphatic heterocycles. The van der Waals surface area contributed by atoms with Gasteiger partial charge in [0.05, 0.1) is 5.69 Å². The average molecular weight is 459 g/mol. The van der Waals surface area contributed by atoms with E-state index in [1.54, 1.807) is 13.1 Å². The summed E-state index contributed by atoms with van der Waals surface area (Å²) in [6, 6.07) is 6.55. The Morgan fingerprint density at radius 2 is 1.92 bits per heavy atom. The first kappa shape index (κ1) is 21.4. The fourth-order valence-electron chi connectivity index (χ4n) is 2.82. The van der Waals surface area contributed by atoms with Crippen molar-refractivity contribution in [1.82, 2.24) is 20.4 Å². The van der Waals surface area contributed by atoms with E-state index in [0.717, 1.165) is 24.1 Å². The van der Waals surface area contributed by atoms with Crippen molar-refractivity contribution < 1.29 is 4.39 Å². The first-order valence-corrected chi connectivity index (χ1v) is 8.31. The zero-order valence-corrected chi connectivity index (χ0v) is 17.6. The number of aliphatic imine (C=N–C) groups is 1. The maximum absolute atomic E-state index is 13.2. The van der Waals surface area contributed by atoms with Crippen LogP contribution in [0, 0.1) is 5.82 Å². The van der Waals surface area contributed by atoms with E-state index in [4.69, 9.17) is 0 Å². The number of hydrogen-bond acceptors (Lipinski definition) is 2. The smallest absolute Gasteiger partial charge is 0.191 e. The lowest BCUT2D eigenvalue weighted by Gasteiger charge is -2.13. The molecule has 2 aromatic rings. The summed E-state index contributed by atoms with van der Waals surface area (Å²) in [6.45, 7) is 5.44. The van der Waals surface area contributed by atoms with Gasteiger partial charge < -0.3 is 10.6 Å². The normalized spacial score (nSPS) is 11.2.